The summed E-state index contributed by atoms with van der Waals surface area (Å²) in [4.78, 5) is 23.0. The van der Waals surface area contributed by atoms with Gasteiger partial charge >= 0.3 is 0 Å². The van der Waals surface area contributed by atoms with Gasteiger partial charge in [0.15, 0.2) is 0 Å². The number of ether oxygens (including phenoxy) is 2. The molecule has 8 heteroatoms. The van der Waals surface area contributed by atoms with E-state index < -0.39 is 0 Å². The number of amides is 1. The number of hydrogen-bond donors (Lipinski definition) is 1. The Morgan fingerprint density at radius 2 is 2.25 bits per heavy atom. The van der Waals surface area contributed by atoms with Crippen LogP contribution in [0.5, 0.6) is 5.88 Å². The Kier molecular flexibility index (Phi) is 5.73. The Morgan fingerprint density at radius 3 is 2.96 bits per heavy atom. The fraction of sp³-hybridized carbons (Fsp3) is 0.438. The van der Waals surface area contributed by atoms with Crippen molar-refractivity contribution < 1.29 is 14.3 Å². The first kappa shape index (κ1) is 16.8. The highest BCUT2D eigenvalue weighted by Gasteiger charge is 2.14. The molecule has 0 aliphatic carbocycles. The van der Waals surface area contributed by atoms with Gasteiger partial charge in [0.05, 0.1) is 20.3 Å². The third-order valence-electron chi connectivity index (χ3n) is 3.75. The van der Waals surface area contributed by atoms with E-state index in [0.717, 1.165) is 43.4 Å². The van der Waals surface area contributed by atoms with Crippen molar-refractivity contribution in [3.05, 3.63) is 29.4 Å². The van der Waals surface area contributed by atoms with Crippen molar-refractivity contribution >= 4 is 17.2 Å². The average molecular weight is 348 g/mol. The van der Waals surface area contributed by atoms with Crippen molar-refractivity contribution in [2.24, 2.45) is 0 Å². The lowest BCUT2D eigenvalue weighted by Gasteiger charge is -2.26. The number of morpholine rings is 1. The summed E-state index contributed by atoms with van der Waals surface area (Å²) < 4.78 is 10.3. The number of pyridine rings is 1. The molecule has 2 aromatic rings. The molecule has 24 heavy (non-hydrogen) atoms. The molecule has 0 aromatic carbocycles. The fourth-order valence-electron chi connectivity index (χ4n) is 2.38. The molecule has 0 saturated carbocycles. The van der Waals surface area contributed by atoms with Crippen LogP contribution in [0.4, 0.5) is 0 Å². The minimum atomic E-state index is -0.146. The molecule has 1 aliphatic rings. The number of aromatic nitrogens is 2. The highest BCUT2D eigenvalue weighted by atomic mass is 32.1. The number of methoxy groups -OCH3 is 1. The molecule has 0 bridgehead atoms. The molecule has 1 N–H and O–H groups in total. The van der Waals surface area contributed by atoms with Gasteiger partial charge in [-0.25, -0.2) is 9.97 Å². The van der Waals surface area contributed by atoms with Gasteiger partial charge in [0.1, 0.15) is 10.7 Å². The van der Waals surface area contributed by atoms with Crippen molar-refractivity contribution in [3.63, 3.8) is 0 Å². The molecule has 2 aromatic heterocycles. The summed E-state index contributed by atoms with van der Waals surface area (Å²) in [7, 11) is 1.57. The molecule has 0 unspecified atom stereocenters. The van der Waals surface area contributed by atoms with Crippen LogP contribution in [-0.4, -0.2) is 67.3 Å². The Morgan fingerprint density at radius 1 is 1.42 bits per heavy atom. The van der Waals surface area contributed by atoms with E-state index in [1.807, 2.05) is 6.07 Å². The van der Waals surface area contributed by atoms with E-state index in [1.54, 1.807) is 24.8 Å². The number of carbonyl (C=O) groups is 1. The number of thiazole rings is 1. The largest absolute Gasteiger partial charge is 0.481 e. The number of nitrogens with one attached hydrogen (secondary N) is 1. The first-order valence-corrected chi connectivity index (χ1v) is 8.68. The highest BCUT2D eigenvalue weighted by molar-refractivity contribution is 7.13. The van der Waals surface area contributed by atoms with Crippen molar-refractivity contribution in [3.8, 4) is 16.5 Å². The number of nitrogens with zero attached hydrogens (tertiary/aromatic N) is 3. The van der Waals surface area contributed by atoms with Gasteiger partial charge in [-0.1, -0.05) is 0 Å². The number of carbonyl (C=O) groups excluding carboxylic acids is 1. The SMILES string of the molecule is COc1ccc(-c2nc(C(=O)NCCN3CCOCC3)cs2)cn1. The summed E-state index contributed by atoms with van der Waals surface area (Å²) in [5, 5.41) is 5.45. The maximum absolute atomic E-state index is 12.2. The van der Waals surface area contributed by atoms with Crippen LogP contribution in [0.2, 0.25) is 0 Å². The molecule has 3 heterocycles. The van der Waals surface area contributed by atoms with Gasteiger partial charge < -0.3 is 14.8 Å². The van der Waals surface area contributed by atoms with Crippen LogP contribution in [-0.2, 0) is 4.74 Å². The van der Waals surface area contributed by atoms with E-state index in [4.69, 9.17) is 9.47 Å². The predicted molar refractivity (Wildman–Crippen MR) is 91.5 cm³/mol. The molecular weight excluding hydrogens is 328 g/mol. The molecular formula is C16H20N4O3S. The van der Waals surface area contributed by atoms with Gasteiger partial charge in [-0.3, -0.25) is 9.69 Å². The zero-order valence-electron chi connectivity index (χ0n) is 13.5. The van der Waals surface area contributed by atoms with Crippen LogP contribution in [0.15, 0.2) is 23.7 Å². The molecule has 128 valence electrons. The second kappa shape index (κ2) is 8.18. The Balaban J connectivity index is 1.53. The van der Waals surface area contributed by atoms with E-state index in [0.29, 0.717) is 18.1 Å². The van der Waals surface area contributed by atoms with Crippen molar-refractivity contribution in [1.82, 2.24) is 20.2 Å². The fourth-order valence-corrected chi connectivity index (χ4v) is 3.17. The second-order valence-corrected chi connectivity index (χ2v) is 6.20. The number of rotatable bonds is 6. The summed E-state index contributed by atoms with van der Waals surface area (Å²) in [5.74, 6) is 0.406. The zero-order chi connectivity index (χ0) is 16.8. The molecule has 1 aliphatic heterocycles. The maximum atomic E-state index is 12.2. The van der Waals surface area contributed by atoms with Crippen LogP contribution in [0.1, 0.15) is 10.5 Å². The van der Waals surface area contributed by atoms with Crippen LogP contribution in [0.25, 0.3) is 10.6 Å². The first-order chi connectivity index (χ1) is 11.8. The minimum absolute atomic E-state index is 0.146. The molecule has 7 nitrogen and oxygen atoms in total. The van der Waals surface area contributed by atoms with Gasteiger partial charge in [-0.15, -0.1) is 11.3 Å². The van der Waals surface area contributed by atoms with Crippen LogP contribution in [0, 0.1) is 0 Å². The van der Waals surface area contributed by atoms with E-state index in [2.05, 4.69) is 20.2 Å². The van der Waals surface area contributed by atoms with Gasteiger partial charge in [0.2, 0.25) is 5.88 Å². The van der Waals surface area contributed by atoms with Crippen molar-refractivity contribution in [2.75, 3.05) is 46.5 Å². The molecule has 0 atom stereocenters. The normalized spacial score (nSPS) is 15.2. The lowest BCUT2D eigenvalue weighted by molar-refractivity contribution is 0.0383. The summed E-state index contributed by atoms with van der Waals surface area (Å²) in [6, 6.07) is 3.66. The molecule has 1 saturated heterocycles. The quantitative estimate of drug-likeness (QED) is 0.847. The lowest BCUT2D eigenvalue weighted by atomic mass is 10.3. The maximum Gasteiger partial charge on any atom is 0.270 e. The summed E-state index contributed by atoms with van der Waals surface area (Å²) in [6.45, 7) is 4.80. The van der Waals surface area contributed by atoms with Crippen molar-refractivity contribution in [1.29, 1.82) is 0 Å². The third-order valence-corrected chi connectivity index (χ3v) is 4.64. The van der Waals surface area contributed by atoms with Gasteiger partial charge in [0.25, 0.3) is 5.91 Å². The first-order valence-electron chi connectivity index (χ1n) is 7.80. The van der Waals surface area contributed by atoms with E-state index in [9.17, 15) is 4.79 Å². The topological polar surface area (TPSA) is 76.6 Å². The monoisotopic (exact) mass is 348 g/mol. The Bertz CT molecular complexity index is 668. The predicted octanol–water partition coefficient (Wildman–Crippen LogP) is 1.28. The van der Waals surface area contributed by atoms with Crippen LogP contribution < -0.4 is 10.1 Å². The van der Waals surface area contributed by atoms with Crippen LogP contribution >= 0.6 is 11.3 Å². The van der Waals surface area contributed by atoms with Gasteiger partial charge in [0, 0.05) is 49.4 Å². The molecule has 3 rings (SSSR count). The van der Waals surface area contributed by atoms with E-state index in [-0.39, 0.29) is 5.91 Å². The van der Waals surface area contributed by atoms with Gasteiger partial charge in [-0.2, -0.15) is 0 Å². The molecule has 1 amide bonds. The average Bonchev–Trinajstić information content (AvgIpc) is 3.13. The lowest BCUT2D eigenvalue weighted by Crippen LogP contribution is -2.41. The van der Waals surface area contributed by atoms with E-state index in [1.165, 1.54) is 11.3 Å². The second-order valence-electron chi connectivity index (χ2n) is 5.34. The third kappa shape index (κ3) is 4.28. The summed E-state index contributed by atoms with van der Waals surface area (Å²) >= 11 is 1.43. The molecule has 1 fully saturated rings. The highest BCUT2D eigenvalue weighted by Crippen LogP contribution is 2.24. The summed E-state index contributed by atoms with van der Waals surface area (Å²) in [6.07, 6.45) is 1.69. The van der Waals surface area contributed by atoms with E-state index >= 15 is 0 Å². The Hall–Kier alpha value is -2.03. The Labute approximate surface area is 144 Å². The van der Waals surface area contributed by atoms with Crippen molar-refractivity contribution in [2.45, 2.75) is 0 Å². The van der Waals surface area contributed by atoms with Crippen LogP contribution in [0.3, 0.4) is 0 Å². The zero-order valence-corrected chi connectivity index (χ0v) is 14.3. The minimum Gasteiger partial charge on any atom is -0.481 e. The standard InChI is InChI=1S/C16H20N4O3S/c1-22-14-3-2-12(10-18-14)16-19-13(11-24-16)15(21)17-4-5-20-6-8-23-9-7-20/h2-3,10-11H,4-9H2,1H3,(H,17,21). The molecule has 0 radical (unpaired) electrons. The smallest absolute Gasteiger partial charge is 0.270 e. The van der Waals surface area contributed by atoms with Gasteiger partial charge in [-0.05, 0) is 6.07 Å². The molecule has 0 spiro atoms. The summed E-state index contributed by atoms with van der Waals surface area (Å²) in [5.41, 5.74) is 1.31. The number of hydrogen-bond acceptors (Lipinski definition) is 7.